The van der Waals surface area contributed by atoms with Crippen molar-refractivity contribution in [3.8, 4) is 16.9 Å². The van der Waals surface area contributed by atoms with Gasteiger partial charge in [-0.15, -0.1) is 6.58 Å². The molecule has 0 aliphatic carbocycles. The number of hydrogen-bond donors (Lipinski definition) is 0. The minimum atomic E-state index is 0.269. The fourth-order valence-electron chi connectivity index (χ4n) is 6.39. The van der Waals surface area contributed by atoms with Crippen LogP contribution in [-0.4, -0.2) is 36.1 Å². The summed E-state index contributed by atoms with van der Waals surface area (Å²) < 4.78 is 5.60. The zero-order chi connectivity index (χ0) is 23.8. The van der Waals surface area contributed by atoms with Crippen molar-refractivity contribution in [2.75, 3.05) is 20.2 Å². The number of nitrogens with zero attached hydrogens (tertiary/aromatic N) is 2. The van der Waals surface area contributed by atoms with E-state index in [9.17, 15) is 0 Å². The second-order valence-electron chi connectivity index (χ2n) is 10.00. The van der Waals surface area contributed by atoms with Gasteiger partial charge in [-0.2, -0.15) is 0 Å². The molecule has 0 spiro atoms. The third kappa shape index (κ3) is 4.04. The van der Waals surface area contributed by atoms with Crippen molar-refractivity contribution >= 4 is 10.9 Å². The Kier molecular flexibility index (Phi) is 5.87. The number of piperidine rings is 3. The van der Waals surface area contributed by atoms with E-state index in [-0.39, 0.29) is 5.92 Å². The molecule has 3 aromatic carbocycles. The average molecular weight is 461 g/mol. The molecule has 1 aromatic heterocycles. The van der Waals surface area contributed by atoms with Crippen LogP contribution in [0, 0.1) is 11.8 Å². The zero-order valence-electron chi connectivity index (χ0n) is 20.3. The first-order valence-electron chi connectivity index (χ1n) is 12.7. The van der Waals surface area contributed by atoms with Crippen LogP contribution in [0.15, 0.2) is 97.7 Å². The van der Waals surface area contributed by atoms with E-state index in [4.69, 9.17) is 4.74 Å². The Morgan fingerprint density at radius 1 is 1.00 bits per heavy atom. The maximum atomic E-state index is 5.60. The second-order valence-corrected chi connectivity index (χ2v) is 10.00. The lowest BCUT2D eigenvalue weighted by molar-refractivity contribution is 0.0121. The molecular formula is C32H32N2O. The Bertz CT molecular complexity index is 1330. The molecule has 3 nitrogen and oxygen atoms in total. The maximum Gasteiger partial charge on any atom is 0.119 e. The average Bonchev–Trinajstić information content (AvgIpc) is 2.94. The van der Waals surface area contributed by atoms with Crippen molar-refractivity contribution in [1.82, 2.24) is 9.88 Å². The molecule has 7 rings (SSSR count). The van der Waals surface area contributed by atoms with E-state index in [1.807, 2.05) is 12.3 Å². The molecule has 4 aromatic rings. The molecule has 5 atom stereocenters. The molecule has 3 aliphatic heterocycles. The summed E-state index contributed by atoms with van der Waals surface area (Å²) in [5, 5.41) is 1.19. The summed E-state index contributed by atoms with van der Waals surface area (Å²) >= 11 is 0. The van der Waals surface area contributed by atoms with Crippen LogP contribution < -0.4 is 4.74 Å². The Labute approximate surface area is 208 Å². The molecule has 35 heavy (non-hydrogen) atoms. The first kappa shape index (κ1) is 22.1. The third-order valence-electron chi connectivity index (χ3n) is 8.23. The third-order valence-corrected chi connectivity index (χ3v) is 8.23. The molecular weight excluding hydrogens is 428 g/mol. The summed E-state index contributed by atoms with van der Waals surface area (Å²) in [7, 11) is 1.73. The van der Waals surface area contributed by atoms with Crippen molar-refractivity contribution < 1.29 is 4.74 Å². The molecule has 3 aliphatic rings. The number of methoxy groups -OCH3 is 1. The van der Waals surface area contributed by atoms with Crippen LogP contribution in [0.1, 0.15) is 29.9 Å². The van der Waals surface area contributed by atoms with Gasteiger partial charge in [0.25, 0.3) is 0 Å². The van der Waals surface area contributed by atoms with Gasteiger partial charge < -0.3 is 4.74 Å². The Balaban J connectivity index is 1.47. The van der Waals surface area contributed by atoms with Gasteiger partial charge in [-0.3, -0.25) is 9.88 Å². The van der Waals surface area contributed by atoms with Crippen LogP contribution in [0.4, 0.5) is 0 Å². The smallest absolute Gasteiger partial charge is 0.119 e. The van der Waals surface area contributed by atoms with Crippen molar-refractivity contribution in [3.63, 3.8) is 0 Å². The van der Waals surface area contributed by atoms with Crippen LogP contribution >= 0.6 is 0 Å². The summed E-state index contributed by atoms with van der Waals surface area (Å²) in [6.45, 7) is 6.43. The van der Waals surface area contributed by atoms with Crippen molar-refractivity contribution in [2.24, 2.45) is 11.8 Å². The highest BCUT2D eigenvalue weighted by Crippen LogP contribution is 2.45. The SMILES string of the molecule is C=C[C@H]1CN2CC[C@H]1C[C@H]2[C@@H](c1ccc(-c2ccccc2)cc1)c1ccnc2ccc(OC)cc12. The highest BCUT2D eigenvalue weighted by atomic mass is 16.5. The van der Waals surface area contributed by atoms with Gasteiger partial charge in [-0.05, 0) is 77.7 Å². The molecule has 0 N–H and O–H groups in total. The Hall–Kier alpha value is -3.43. The lowest BCUT2D eigenvalue weighted by Gasteiger charge is -2.52. The molecule has 3 fully saturated rings. The highest BCUT2D eigenvalue weighted by Gasteiger charge is 2.43. The van der Waals surface area contributed by atoms with Gasteiger partial charge >= 0.3 is 0 Å². The molecule has 3 saturated heterocycles. The first-order valence-corrected chi connectivity index (χ1v) is 12.7. The van der Waals surface area contributed by atoms with E-state index >= 15 is 0 Å². The predicted molar refractivity (Wildman–Crippen MR) is 144 cm³/mol. The van der Waals surface area contributed by atoms with E-state index in [1.165, 1.54) is 47.0 Å². The Morgan fingerprint density at radius 2 is 1.80 bits per heavy atom. The van der Waals surface area contributed by atoms with Gasteiger partial charge in [0.2, 0.25) is 0 Å². The number of hydrogen-bond acceptors (Lipinski definition) is 3. The van der Waals surface area contributed by atoms with Crippen molar-refractivity contribution in [2.45, 2.75) is 24.8 Å². The fraction of sp³-hybridized carbons (Fsp3) is 0.281. The quantitative estimate of drug-likeness (QED) is 0.292. The van der Waals surface area contributed by atoms with E-state index in [0.717, 1.165) is 23.7 Å². The first-order chi connectivity index (χ1) is 17.2. The molecule has 0 amide bonds. The summed E-state index contributed by atoms with van der Waals surface area (Å²) in [6, 6.07) is 28.8. The maximum absolute atomic E-state index is 5.60. The molecule has 3 heteroatoms. The van der Waals surface area contributed by atoms with Crippen molar-refractivity contribution in [1.29, 1.82) is 0 Å². The van der Waals surface area contributed by atoms with Gasteiger partial charge in [-0.25, -0.2) is 0 Å². The van der Waals surface area contributed by atoms with Crippen LogP contribution in [0.25, 0.3) is 22.0 Å². The van der Waals surface area contributed by atoms with Crippen molar-refractivity contribution in [3.05, 3.63) is 109 Å². The number of fused-ring (bicyclic) bond motifs is 4. The molecule has 176 valence electrons. The normalized spacial score (nSPS) is 24.3. The largest absolute Gasteiger partial charge is 0.497 e. The van der Waals surface area contributed by atoms with E-state index < -0.39 is 0 Å². The predicted octanol–water partition coefficient (Wildman–Crippen LogP) is 6.94. The van der Waals surface area contributed by atoms with Crippen LogP contribution in [-0.2, 0) is 0 Å². The number of ether oxygens (including phenoxy) is 1. The summed E-state index contributed by atoms with van der Waals surface area (Å²) in [6.07, 6.45) is 6.63. The topological polar surface area (TPSA) is 25.4 Å². The zero-order valence-corrected chi connectivity index (χ0v) is 20.3. The molecule has 4 heterocycles. The fourth-order valence-corrected chi connectivity index (χ4v) is 6.39. The van der Waals surface area contributed by atoms with Gasteiger partial charge in [0.15, 0.2) is 0 Å². The summed E-state index contributed by atoms with van der Waals surface area (Å²) in [4.78, 5) is 7.40. The van der Waals surface area contributed by atoms with Gasteiger partial charge in [0.1, 0.15) is 5.75 Å². The molecule has 0 radical (unpaired) electrons. The van der Waals surface area contributed by atoms with E-state index in [0.29, 0.717) is 12.0 Å². The number of pyridine rings is 1. The van der Waals surface area contributed by atoms with Crippen LogP contribution in [0.2, 0.25) is 0 Å². The monoisotopic (exact) mass is 460 g/mol. The number of aromatic nitrogens is 1. The second kappa shape index (κ2) is 9.31. The highest BCUT2D eigenvalue weighted by molar-refractivity contribution is 5.84. The standard InChI is InChI=1S/C32H32N2O/c1-3-22-21-34-18-16-26(22)19-31(34)32(25-11-9-24(10-12-25)23-7-5-4-6-8-23)28-15-17-33-30-14-13-27(35-2)20-29(28)30/h3-15,17,20,22,26,31-32H,1,16,18-19,21H2,2H3/t22-,26-,31-,32-/m0/s1. The molecule has 1 unspecified atom stereocenters. The lowest BCUT2D eigenvalue weighted by atomic mass is 9.69. The number of benzene rings is 3. The summed E-state index contributed by atoms with van der Waals surface area (Å²) in [5.74, 6) is 2.47. The number of rotatable bonds is 6. The van der Waals surface area contributed by atoms with Gasteiger partial charge in [0.05, 0.1) is 12.6 Å². The molecule has 0 saturated carbocycles. The lowest BCUT2D eigenvalue weighted by Crippen LogP contribution is -2.55. The van der Waals surface area contributed by atoms with Gasteiger partial charge in [-0.1, -0.05) is 60.7 Å². The minimum absolute atomic E-state index is 0.269. The van der Waals surface area contributed by atoms with E-state index in [1.54, 1.807) is 7.11 Å². The Morgan fingerprint density at radius 3 is 2.51 bits per heavy atom. The van der Waals surface area contributed by atoms with Crippen LogP contribution in [0.3, 0.4) is 0 Å². The van der Waals surface area contributed by atoms with E-state index in [2.05, 4.69) is 95.3 Å². The molecule has 2 bridgehead atoms. The van der Waals surface area contributed by atoms with Crippen LogP contribution in [0.5, 0.6) is 5.75 Å². The van der Waals surface area contributed by atoms with Gasteiger partial charge in [0, 0.05) is 30.1 Å². The summed E-state index contributed by atoms with van der Waals surface area (Å²) in [5.41, 5.74) is 6.24. The minimum Gasteiger partial charge on any atom is -0.497 e.